The number of aromatic hydroxyl groups is 1. The Morgan fingerprint density at radius 2 is 1.54 bits per heavy atom. The van der Waals surface area contributed by atoms with Gasteiger partial charge in [-0.05, 0) is 67.8 Å². The first kappa shape index (κ1) is 25.9. The number of hydrogen-bond donors (Lipinski definition) is 2. The van der Waals surface area contributed by atoms with Crippen LogP contribution >= 0.6 is 11.6 Å². The molecule has 196 valence electrons. The molecule has 2 heterocycles. The molecule has 39 heavy (non-hydrogen) atoms. The van der Waals surface area contributed by atoms with Gasteiger partial charge in [-0.25, -0.2) is 9.36 Å². The fourth-order valence-electron chi connectivity index (χ4n) is 4.84. The number of nitrogens with zero attached hydrogens (tertiary/aromatic N) is 3. The third-order valence-electron chi connectivity index (χ3n) is 6.56. The molecule has 0 fully saturated rings. The molecule has 0 unspecified atom stereocenters. The predicted molar refractivity (Wildman–Crippen MR) is 148 cm³/mol. The first-order valence-electron chi connectivity index (χ1n) is 12.0. The summed E-state index contributed by atoms with van der Waals surface area (Å²) in [5.74, 6) is -1.38. The van der Waals surface area contributed by atoms with Gasteiger partial charge in [0.05, 0.1) is 29.0 Å². The summed E-state index contributed by atoms with van der Waals surface area (Å²) in [7, 11) is 0. The molecule has 2 amide bonds. The van der Waals surface area contributed by atoms with Crippen molar-refractivity contribution in [3.63, 3.8) is 0 Å². The number of halogens is 1. The fraction of sp³-hybridized carbons (Fsp3) is 0.138. The number of fused-ring (bicyclic) bond motifs is 1. The summed E-state index contributed by atoms with van der Waals surface area (Å²) in [6.07, 6.45) is 1.15. The van der Waals surface area contributed by atoms with Gasteiger partial charge in [0.15, 0.2) is 0 Å². The van der Waals surface area contributed by atoms with Gasteiger partial charge in [0.2, 0.25) is 5.88 Å². The molecule has 10 heteroatoms. The second kappa shape index (κ2) is 9.85. The Labute approximate surface area is 227 Å². The number of aliphatic imine (C=N–C) groups is 1. The van der Waals surface area contributed by atoms with Crippen LogP contribution in [-0.2, 0) is 6.54 Å². The number of imide groups is 1. The van der Waals surface area contributed by atoms with Crippen LogP contribution in [0.3, 0.4) is 0 Å². The van der Waals surface area contributed by atoms with Crippen LogP contribution in [0.1, 0.15) is 48.5 Å². The van der Waals surface area contributed by atoms with Crippen LogP contribution in [0.2, 0.25) is 5.02 Å². The smallest absolute Gasteiger partial charge is 0.335 e. The molecule has 4 aromatic rings. The van der Waals surface area contributed by atoms with E-state index >= 15 is 0 Å². The minimum atomic E-state index is -0.805. The molecule has 3 aromatic carbocycles. The van der Waals surface area contributed by atoms with Crippen molar-refractivity contribution in [2.75, 3.05) is 0 Å². The van der Waals surface area contributed by atoms with Gasteiger partial charge in [-0.3, -0.25) is 29.3 Å². The number of hydrogen-bond acceptors (Lipinski definition) is 6. The maximum absolute atomic E-state index is 12.8. The van der Waals surface area contributed by atoms with E-state index < -0.39 is 28.9 Å². The molecule has 0 atom stereocenters. The fourth-order valence-corrected chi connectivity index (χ4v) is 5.02. The summed E-state index contributed by atoms with van der Waals surface area (Å²) in [4.78, 5) is 58.5. The first-order chi connectivity index (χ1) is 18.6. The van der Waals surface area contributed by atoms with Gasteiger partial charge in [0, 0.05) is 11.2 Å². The highest BCUT2D eigenvalue weighted by atomic mass is 35.5. The van der Waals surface area contributed by atoms with Crippen LogP contribution < -0.4 is 11.2 Å². The highest BCUT2D eigenvalue weighted by Gasteiger charge is 2.35. The van der Waals surface area contributed by atoms with E-state index in [2.05, 4.69) is 9.98 Å². The zero-order valence-corrected chi connectivity index (χ0v) is 22.0. The molecule has 0 saturated carbocycles. The minimum absolute atomic E-state index is 0.0722. The molecular formula is C29H23ClN4O5. The van der Waals surface area contributed by atoms with Gasteiger partial charge in [-0.1, -0.05) is 41.4 Å². The zero-order chi connectivity index (χ0) is 28.0. The van der Waals surface area contributed by atoms with Crippen molar-refractivity contribution >= 4 is 35.3 Å². The van der Waals surface area contributed by atoms with Gasteiger partial charge < -0.3 is 5.11 Å². The van der Waals surface area contributed by atoms with Crippen LogP contribution in [0, 0.1) is 20.8 Å². The molecule has 0 saturated heterocycles. The Balaban J connectivity index is 1.49. The summed E-state index contributed by atoms with van der Waals surface area (Å²) >= 11 is 6.36. The number of H-pyrrole nitrogens is 1. The lowest BCUT2D eigenvalue weighted by Gasteiger charge is -2.16. The Morgan fingerprint density at radius 3 is 2.15 bits per heavy atom. The van der Waals surface area contributed by atoms with Gasteiger partial charge in [0.1, 0.15) is 5.56 Å². The Kier molecular flexibility index (Phi) is 6.53. The summed E-state index contributed by atoms with van der Waals surface area (Å²) in [5, 5.41) is 11.3. The summed E-state index contributed by atoms with van der Waals surface area (Å²) in [5.41, 5.74) is 2.63. The zero-order valence-electron chi connectivity index (χ0n) is 21.3. The number of carbonyl (C=O) groups is 2. The number of aromatic amines is 1. The molecule has 1 aromatic heterocycles. The number of carbonyl (C=O) groups excluding carboxylic acids is 2. The number of rotatable bonds is 5. The summed E-state index contributed by atoms with van der Waals surface area (Å²) < 4.78 is 1.04. The summed E-state index contributed by atoms with van der Waals surface area (Å²) in [6, 6.07) is 15.0. The maximum Gasteiger partial charge on any atom is 0.335 e. The SMILES string of the molecule is Cc1cc(C)c(-n2c(O)c(C=Nc3ccc(Cl)c(CN4C(=O)c5ccccc5C4=O)c3)c(=O)[nH]c2=O)c(C)c1. The van der Waals surface area contributed by atoms with Crippen LogP contribution in [-0.4, -0.2) is 37.6 Å². The van der Waals surface area contributed by atoms with E-state index in [1.165, 1.54) is 0 Å². The van der Waals surface area contributed by atoms with Crippen molar-refractivity contribution in [1.82, 2.24) is 14.5 Å². The minimum Gasteiger partial charge on any atom is -0.493 e. The van der Waals surface area contributed by atoms with E-state index in [1.54, 1.807) is 42.5 Å². The topological polar surface area (TPSA) is 125 Å². The van der Waals surface area contributed by atoms with Crippen molar-refractivity contribution in [3.05, 3.63) is 119 Å². The highest BCUT2D eigenvalue weighted by molar-refractivity contribution is 6.31. The average Bonchev–Trinajstić information content (AvgIpc) is 3.12. The standard InChI is InChI=1S/C29H23ClN4O5/c1-15-10-16(2)24(17(3)11-15)34-28(38)22(25(35)32-29(34)39)13-31-19-8-9-23(30)18(12-19)14-33-26(36)20-6-4-5-7-21(20)27(33)37/h4-13,38H,14H2,1-3H3,(H,32,35,39). The number of aromatic nitrogens is 2. The van der Waals surface area contributed by atoms with E-state index in [9.17, 15) is 24.3 Å². The number of nitrogens with one attached hydrogen (secondary N) is 1. The van der Waals surface area contributed by atoms with E-state index in [-0.39, 0.29) is 12.1 Å². The first-order valence-corrected chi connectivity index (χ1v) is 12.4. The molecule has 0 spiro atoms. The third kappa shape index (κ3) is 4.57. The van der Waals surface area contributed by atoms with E-state index in [4.69, 9.17) is 11.6 Å². The second-order valence-electron chi connectivity index (χ2n) is 9.36. The molecular weight excluding hydrogens is 520 g/mol. The van der Waals surface area contributed by atoms with Crippen molar-refractivity contribution in [1.29, 1.82) is 0 Å². The average molecular weight is 543 g/mol. The molecule has 0 aliphatic carbocycles. The Hall–Kier alpha value is -4.76. The number of aryl methyl sites for hydroxylation is 3. The van der Waals surface area contributed by atoms with Crippen LogP contribution in [0.5, 0.6) is 5.88 Å². The van der Waals surface area contributed by atoms with Crippen molar-refractivity contribution in [3.8, 4) is 11.6 Å². The van der Waals surface area contributed by atoms with Crippen LogP contribution in [0.15, 0.2) is 69.2 Å². The van der Waals surface area contributed by atoms with E-state index in [1.807, 2.05) is 32.9 Å². The molecule has 0 radical (unpaired) electrons. The second-order valence-corrected chi connectivity index (χ2v) is 9.76. The maximum atomic E-state index is 12.8. The summed E-state index contributed by atoms with van der Waals surface area (Å²) in [6.45, 7) is 5.47. The molecule has 1 aliphatic heterocycles. The van der Waals surface area contributed by atoms with Gasteiger partial charge in [0.25, 0.3) is 17.4 Å². The van der Waals surface area contributed by atoms with E-state index in [0.29, 0.717) is 33.1 Å². The molecule has 5 rings (SSSR count). The van der Waals surface area contributed by atoms with E-state index in [0.717, 1.165) is 32.4 Å². The normalized spacial score (nSPS) is 13.0. The third-order valence-corrected chi connectivity index (χ3v) is 6.93. The lowest BCUT2D eigenvalue weighted by Crippen LogP contribution is -2.32. The largest absolute Gasteiger partial charge is 0.493 e. The molecule has 9 nitrogen and oxygen atoms in total. The molecule has 0 bridgehead atoms. The van der Waals surface area contributed by atoms with Crippen molar-refractivity contribution < 1.29 is 14.7 Å². The van der Waals surface area contributed by atoms with Gasteiger partial charge in [-0.2, -0.15) is 0 Å². The lowest BCUT2D eigenvalue weighted by molar-refractivity contribution is 0.0642. The quantitative estimate of drug-likeness (QED) is 0.286. The predicted octanol–water partition coefficient (Wildman–Crippen LogP) is 4.36. The van der Waals surface area contributed by atoms with Gasteiger partial charge >= 0.3 is 5.69 Å². The van der Waals surface area contributed by atoms with Crippen LogP contribution in [0.25, 0.3) is 5.69 Å². The number of amides is 2. The monoisotopic (exact) mass is 542 g/mol. The molecule has 1 aliphatic rings. The molecule has 2 N–H and O–H groups in total. The van der Waals surface area contributed by atoms with Gasteiger partial charge in [-0.15, -0.1) is 0 Å². The van der Waals surface area contributed by atoms with Crippen LogP contribution in [0.4, 0.5) is 5.69 Å². The highest BCUT2D eigenvalue weighted by Crippen LogP contribution is 2.29. The Morgan fingerprint density at radius 1 is 0.923 bits per heavy atom. The van der Waals surface area contributed by atoms with Crippen molar-refractivity contribution in [2.45, 2.75) is 27.3 Å². The number of benzene rings is 3. The lowest BCUT2D eigenvalue weighted by atomic mass is 10.0. The van der Waals surface area contributed by atoms with Crippen molar-refractivity contribution in [2.24, 2.45) is 4.99 Å². The Bertz CT molecular complexity index is 1780.